The third kappa shape index (κ3) is 4.55. The van der Waals surface area contributed by atoms with Crippen LogP contribution in [0.2, 0.25) is 0 Å². The second kappa shape index (κ2) is 8.79. The molecular formula is C25H22N4OS. The fraction of sp³-hybridized carbons (Fsp3) is 0.160. The molecule has 6 heteroatoms. The lowest BCUT2D eigenvalue weighted by molar-refractivity contribution is -0.111. The molecule has 1 amide bonds. The van der Waals surface area contributed by atoms with E-state index in [4.69, 9.17) is 0 Å². The Morgan fingerprint density at radius 2 is 1.97 bits per heavy atom. The second-order valence-electron chi connectivity index (χ2n) is 7.58. The Hall–Kier alpha value is -3.35. The van der Waals surface area contributed by atoms with Crippen LogP contribution in [0.1, 0.15) is 21.7 Å². The highest BCUT2D eigenvalue weighted by Crippen LogP contribution is 2.29. The van der Waals surface area contributed by atoms with Crippen molar-refractivity contribution in [2.45, 2.75) is 19.5 Å². The van der Waals surface area contributed by atoms with Gasteiger partial charge in [-0.1, -0.05) is 54.6 Å². The van der Waals surface area contributed by atoms with Crippen LogP contribution in [0.5, 0.6) is 0 Å². The number of para-hydroxylation sites is 1. The van der Waals surface area contributed by atoms with E-state index in [9.17, 15) is 4.79 Å². The van der Waals surface area contributed by atoms with Gasteiger partial charge < -0.3 is 0 Å². The van der Waals surface area contributed by atoms with Gasteiger partial charge >= 0.3 is 0 Å². The van der Waals surface area contributed by atoms with Crippen molar-refractivity contribution in [3.63, 3.8) is 0 Å². The molecule has 154 valence electrons. The third-order valence-corrected chi connectivity index (χ3v) is 6.37. The quantitative estimate of drug-likeness (QED) is 0.461. The molecule has 1 aliphatic heterocycles. The summed E-state index contributed by atoms with van der Waals surface area (Å²) in [7, 11) is 0. The van der Waals surface area contributed by atoms with Gasteiger partial charge in [0.05, 0.1) is 11.2 Å². The van der Waals surface area contributed by atoms with Gasteiger partial charge in [0.25, 0.3) is 0 Å². The summed E-state index contributed by atoms with van der Waals surface area (Å²) >= 11 is 1.57. The van der Waals surface area contributed by atoms with Crippen LogP contribution in [0.15, 0.2) is 72.9 Å². The van der Waals surface area contributed by atoms with Gasteiger partial charge in [-0.25, -0.2) is 4.98 Å². The molecule has 0 saturated heterocycles. The Morgan fingerprint density at radius 3 is 2.87 bits per heavy atom. The summed E-state index contributed by atoms with van der Waals surface area (Å²) in [5.74, 6) is -0.180. The van der Waals surface area contributed by atoms with Gasteiger partial charge in [0.2, 0.25) is 5.91 Å². The first-order valence-electron chi connectivity index (χ1n) is 10.3. The van der Waals surface area contributed by atoms with Gasteiger partial charge in [0, 0.05) is 54.2 Å². The molecule has 1 aliphatic rings. The first kappa shape index (κ1) is 19.6. The zero-order valence-corrected chi connectivity index (χ0v) is 17.8. The summed E-state index contributed by atoms with van der Waals surface area (Å²) in [5.41, 5.74) is 4.23. The Labute approximate surface area is 185 Å². The van der Waals surface area contributed by atoms with Crippen LogP contribution in [0.25, 0.3) is 17.0 Å². The third-order valence-electron chi connectivity index (χ3n) is 5.37. The van der Waals surface area contributed by atoms with Crippen molar-refractivity contribution in [1.29, 1.82) is 0 Å². The Bertz CT molecular complexity index is 1240. The first-order chi connectivity index (χ1) is 15.2. The zero-order valence-electron chi connectivity index (χ0n) is 17.0. The predicted molar refractivity (Wildman–Crippen MR) is 126 cm³/mol. The average molecular weight is 427 g/mol. The Morgan fingerprint density at radius 1 is 1.10 bits per heavy atom. The molecule has 0 fully saturated rings. The number of pyridine rings is 1. The predicted octanol–water partition coefficient (Wildman–Crippen LogP) is 4.90. The molecule has 2 aromatic heterocycles. The molecule has 4 aromatic rings. The molecule has 0 atom stereocenters. The smallest absolute Gasteiger partial charge is 0.250 e. The molecule has 0 spiro atoms. The number of amides is 1. The van der Waals surface area contributed by atoms with E-state index < -0.39 is 0 Å². The van der Waals surface area contributed by atoms with Gasteiger partial charge in [0.1, 0.15) is 0 Å². The number of thiazole rings is 1. The summed E-state index contributed by atoms with van der Waals surface area (Å²) in [4.78, 5) is 25.2. The van der Waals surface area contributed by atoms with Crippen LogP contribution in [0, 0.1) is 0 Å². The Balaban J connectivity index is 1.24. The van der Waals surface area contributed by atoms with Crippen molar-refractivity contribution < 1.29 is 4.79 Å². The molecule has 31 heavy (non-hydrogen) atoms. The number of anilines is 1. The standard InChI is InChI=1S/C25H22N4OS/c30-23(12-11-20-9-4-8-19-10-5-14-26-24(19)20)28-25-27-21-13-15-29(17-22(21)31-25)16-18-6-2-1-3-7-18/h1-12,14H,13,15-17H2,(H,27,28,30). The summed E-state index contributed by atoms with van der Waals surface area (Å²) in [6.45, 7) is 2.78. The number of nitrogens with one attached hydrogen (secondary N) is 1. The SMILES string of the molecule is O=C(C=Cc1cccc2cccnc12)Nc1nc2c(s1)CN(Cc1ccccc1)CC2. The number of aromatic nitrogens is 2. The number of fused-ring (bicyclic) bond motifs is 2. The lowest BCUT2D eigenvalue weighted by Gasteiger charge is -2.25. The molecule has 1 N–H and O–H groups in total. The zero-order chi connectivity index (χ0) is 21.0. The minimum absolute atomic E-state index is 0.180. The maximum atomic E-state index is 12.5. The van der Waals surface area contributed by atoms with E-state index in [1.807, 2.05) is 36.4 Å². The summed E-state index contributed by atoms with van der Waals surface area (Å²) < 4.78 is 0. The minimum atomic E-state index is -0.180. The Kier molecular flexibility index (Phi) is 5.56. The normalized spacial score (nSPS) is 14.1. The maximum absolute atomic E-state index is 12.5. The monoisotopic (exact) mass is 426 g/mol. The largest absolute Gasteiger partial charge is 0.298 e. The maximum Gasteiger partial charge on any atom is 0.250 e. The van der Waals surface area contributed by atoms with E-state index in [0.29, 0.717) is 5.13 Å². The van der Waals surface area contributed by atoms with Crippen molar-refractivity contribution in [1.82, 2.24) is 14.9 Å². The molecule has 0 saturated carbocycles. The van der Waals surface area contributed by atoms with Gasteiger partial charge in [0.15, 0.2) is 5.13 Å². The summed E-state index contributed by atoms with van der Waals surface area (Å²) in [6.07, 6.45) is 6.03. The lowest BCUT2D eigenvalue weighted by atomic mass is 10.1. The van der Waals surface area contributed by atoms with E-state index in [0.717, 1.165) is 48.2 Å². The fourth-order valence-corrected chi connectivity index (χ4v) is 4.91. The number of carbonyl (C=O) groups excluding carboxylic acids is 1. The van der Waals surface area contributed by atoms with Crippen molar-refractivity contribution in [3.05, 3.63) is 94.6 Å². The molecule has 3 heterocycles. The van der Waals surface area contributed by atoms with Crippen LogP contribution in [0.4, 0.5) is 5.13 Å². The number of benzene rings is 2. The van der Waals surface area contributed by atoms with Crippen LogP contribution >= 0.6 is 11.3 Å². The number of hydrogen-bond acceptors (Lipinski definition) is 5. The number of rotatable bonds is 5. The minimum Gasteiger partial charge on any atom is -0.298 e. The molecule has 5 rings (SSSR count). The van der Waals surface area contributed by atoms with Gasteiger partial charge in [-0.3, -0.25) is 20.0 Å². The topological polar surface area (TPSA) is 58.1 Å². The van der Waals surface area contributed by atoms with Crippen LogP contribution in [0.3, 0.4) is 0 Å². The van der Waals surface area contributed by atoms with Gasteiger partial charge in [-0.2, -0.15) is 0 Å². The highest BCUT2D eigenvalue weighted by atomic mass is 32.1. The molecular weight excluding hydrogens is 404 g/mol. The first-order valence-corrected chi connectivity index (χ1v) is 11.1. The van der Waals surface area contributed by atoms with E-state index in [1.54, 1.807) is 29.7 Å². The number of hydrogen-bond donors (Lipinski definition) is 1. The molecule has 0 bridgehead atoms. The second-order valence-corrected chi connectivity index (χ2v) is 8.66. The summed E-state index contributed by atoms with van der Waals surface area (Å²) in [6, 6.07) is 20.4. The van der Waals surface area contributed by atoms with Gasteiger partial charge in [-0.05, 0) is 17.7 Å². The number of carbonyl (C=O) groups is 1. The van der Waals surface area contributed by atoms with Crippen molar-refractivity contribution in [2.75, 3.05) is 11.9 Å². The fourth-order valence-electron chi connectivity index (χ4n) is 3.85. The molecule has 0 unspecified atom stereocenters. The highest BCUT2D eigenvalue weighted by molar-refractivity contribution is 7.15. The molecule has 0 aliphatic carbocycles. The average Bonchev–Trinajstić information content (AvgIpc) is 3.19. The molecule has 5 nitrogen and oxygen atoms in total. The van der Waals surface area contributed by atoms with E-state index in [2.05, 4.69) is 44.5 Å². The van der Waals surface area contributed by atoms with Crippen LogP contribution < -0.4 is 5.32 Å². The van der Waals surface area contributed by atoms with E-state index in [1.165, 1.54) is 10.4 Å². The number of nitrogens with zero attached hydrogens (tertiary/aromatic N) is 3. The lowest BCUT2D eigenvalue weighted by Crippen LogP contribution is -2.29. The molecule has 2 aromatic carbocycles. The van der Waals surface area contributed by atoms with Crippen molar-refractivity contribution in [2.24, 2.45) is 0 Å². The summed E-state index contributed by atoms with van der Waals surface area (Å²) in [5, 5.41) is 4.64. The molecule has 0 radical (unpaired) electrons. The van der Waals surface area contributed by atoms with Crippen molar-refractivity contribution >= 4 is 39.4 Å². The van der Waals surface area contributed by atoms with Crippen LogP contribution in [-0.4, -0.2) is 27.3 Å². The van der Waals surface area contributed by atoms with E-state index in [-0.39, 0.29) is 5.91 Å². The van der Waals surface area contributed by atoms with Crippen molar-refractivity contribution in [3.8, 4) is 0 Å². The van der Waals surface area contributed by atoms with E-state index >= 15 is 0 Å². The highest BCUT2D eigenvalue weighted by Gasteiger charge is 2.21. The van der Waals surface area contributed by atoms with Crippen LogP contribution in [-0.2, 0) is 24.3 Å². The van der Waals surface area contributed by atoms with Gasteiger partial charge in [-0.15, -0.1) is 11.3 Å².